The maximum Gasteiger partial charge on any atom is 0.264 e. The molecule has 1 aliphatic rings. The number of hydrogen-bond donors (Lipinski definition) is 0. The van der Waals surface area contributed by atoms with Gasteiger partial charge in [0.05, 0.1) is 5.57 Å². The number of imidazole rings is 1. The number of rotatable bonds is 3. The molecule has 2 heterocycles. The molecule has 0 fully saturated rings. The largest absolute Gasteiger partial charge is 0.436 e. The van der Waals surface area contributed by atoms with Gasteiger partial charge in [-0.15, -0.1) is 0 Å². The second kappa shape index (κ2) is 8.35. The fourth-order valence-corrected chi connectivity index (χ4v) is 4.92. The zero-order valence-corrected chi connectivity index (χ0v) is 19.9. The summed E-state index contributed by atoms with van der Waals surface area (Å²) in [6.07, 6.45) is 1.40. The van der Waals surface area contributed by atoms with Gasteiger partial charge in [0.1, 0.15) is 17.1 Å². The Labute approximate surface area is 216 Å². The summed E-state index contributed by atoms with van der Waals surface area (Å²) in [5, 5.41) is 1.75. The van der Waals surface area contributed by atoms with Crippen LogP contribution in [-0.2, 0) is 0 Å². The van der Waals surface area contributed by atoms with Crippen molar-refractivity contribution in [3.8, 4) is 11.3 Å². The van der Waals surface area contributed by atoms with Gasteiger partial charge in [-0.05, 0) is 41.1 Å². The van der Waals surface area contributed by atoms with Crippen LogP contribution in [0.25, 0.3) is 39.4 Å². The maximum atomic E-state index is 13.7. The van der Waals surface area contributed by atoms with Gasteiger partial charge in [0, 0.05) is 28.3 Å². The number of aromatic nitrogens is 2. The SMILES string of the molecule is O=C1C(=Cc2nc3oc(-c4ccccc4)cc3n2C(=O)c2ccccc2)C(=O)c2cc3ccccc3cc21. The number of allylic oxidation sites excluding steroid dienone is 1. The van der Waals surface area contributed by atoms with Crippen LogP contribution in [0.5, 0.6) is 0 Å². The minimum absolute atomic E-state index is 0.0339. The van der Waals surface area contributed by atoms with E-state index in [9.17, 15) is 14.4 Å². The smallest absolute Gasteiger partial charge is 0.264 e. The van der Waals surface area contributed by atoms with Crippen LogP contribution in [0, 0.1) is 0 Å². The van der Waals surface area contributed by atoms with Gasteiger partial charge < -0.3 is 4.42 Å². The molecule has 0 spiro atoms. The van der Waals surface area contributed by atoms with E-state index in [1.165, 1.54) is 10.6 Å². The summed E-state index contributed by atoms with van der Waals surface area (Å²) >= 11 is 0. The van der Waals surface area contributed by atoms with Crippen molar-refractivity contribution < 1.29 is 18.8 Å². The molecule has 0 unspecified atom stereocenters. The van der Waals surface area contributed by atoms with Crippen molar-refractivity contribution in [2.24, 2.45) is 0 Å². The molecular formula is C32H18N2O4. The predicted octanol–water partition coefficient (Wildman–Crippen LogP) is 6.60. The number of benzene rings is 4. The van der Waals surface area contributed by atoms with Gasteiger partial charge >= 0.3 is 0 Å². The molecular weight excluding hydrogens is 476 g/mol. The van der Waals surface area contributed by atoms with Crippen LogP contribution < -0.4 is 0 Å². The molecule has 38 heavy (non-hydrogen) atoms. The third kappa shape index (κ3) is 3.35. The Morgan fingerprint density at radius 1 is 0.737 bits per heavy atom. The Bertz CT molecular complexity index is 1900. The summed E-state index contributed by atoms with van der Waals surface area (Å²) in [5.41, 5.74) is 2.63. The van der Waals surface area contributed by atoms with Crippen molar-refractivity contribution in [2.75, 3.05) is 0 Å². The van der Waals surface area contributed by atoms with Crippen molar-refractivity contribution in [1.82, 2.24) is 9.55 Å². The van der Waals surface area contributed by atoms with Crippen molar-refractivity contribution >= 4 is 45.6 Å². The van der Waals surface area contributed by atoms with Crippen LogP contribution >= 0.6 is 0 Å². The van der Waals surface area contributed by atoms with E-state index in [4.69, 9.17) is 4.42 Å². The number of fused-ring (bicyclic) bond motifs is 3. The number of carbonyl (C=O) groups excluding carboxylic acids is 3. The molecule has 6 heteroatoms. The van der Waals surface area contributed by atoms with Crippen LogP contribution in [0.15, 0.2) is 113 Å². The number of ketones is 2. The first-order valence-corrected chi connectivity index (χ1v) is 12.1. The second-order valence-corrected chi connectivity index (χ2v) is 9.10. The van der Waals surface area contributed by atoms with Crippen LogP contribution in [0.3, 0.4) is 0 Å². The van der Waals surface area contributed by atoms with E-state index in [1.807, 2.05) is 60.7 Å². The molecule has 0 bridgehead atoms. The van der Waals surface area contributed by atoms with Gasteiger partial charge in [0.15, 0.2) is 11.6 Å². The van der Waals surface area contributed by atoms with E-state index in [1.54, 1.807) is 42.5 Å². The van der Waals surface area contributed by atoms with E-state index in [-0.39, 0.29) is 34.6 Å². The lowest BCUT2D eigenvalue weighted by molar-refractivity contribution is 0.0957. The second-order valence-electron chi connectivity index (χ2n) is 9.10. The van der Waals surface area contributed by atoms with Gasteiger partial charge in [-0.3, -0.25) is 19.0 Å². The van der Waals surface area contributed by atoms with E-state index in [0.717, 1.165) is 16.3 Å². The summed E-state index contributed by atoms with van der Waals surface area (Å²) in [6.45, 7) is 0. The number of carbonyl (C=O) groups is 3. The molecule has 0 radical (unpaired) electrons. The highest BCUT2D eigenvalue weighted by Crippen LogP contribution is 2.33. The van der Waals surface area contributed by atoms with E-state index >= 15 is 0 Å². The highest BCUT2D eigenvalue weighted by atomic mass is 16.3. The predicted molar refractivity (Wildman–Crippen MR) is 144 cm³/mol. The van der Waals surface area contributed by atoms with Gasteiger partial charge in [-0.25, -0.2) is 0 Å². The summed E-state index contributed by atoms with van der Waals surface area (Å²) in [4.78, 5) is 45.0. The molecule has 0 saturated carbocycles. The number of nitrogens with zero attached hydrogens (tertiary/aromatic N) is 2. The maximum absolute atomic E-state index is 13.7. The monoisotopic (exact) mass is 494 g/mol. The minimum atomic E-state index is -0.390. The van der Waals surface area contributed by atoms with Crippen LogP contribution in [0.4, 0.5) is 0 Å². The first kappa shape index (κ1) is 21.9. The molecule has 7 rings (SSSR count). The Morgan fingerprint density at radius 3 is 1.95 bits per heavy atom. The lowest BCUT2D eigenvalue weighted by atomic mass is 10.0. The molecule has 2 aromatic heterocycles. The van der Waals surface area contributed by atoms with E-state index in [0.29, 0.717) is 28.0 Å². The lowest BCUT2D eigenvalue weighted by Gasteiger charge is -2.05. The molecule has 0 amide bonds. The molecule has 0 aliphatic heterocycles. The Morgan fingerprint density at radius 2 is 1.32 bits per heavy atom. The quantitative estimate of drug-likeness (QED) is 0.204. The number of Topliss-reactive ketones (excluding diaryl/α,β-unsaturated/α-hetero) is 2. The topological polar surface area (TPSA) is 82.2 Å². The summed E-state index contributed by atoms with van der Waals surface area (Å²) in [5.74, 6) is -0.412. The highest BCUT2D eigenvalue weighted by molar-refractivity contribution is 6.42. The Kier molecular flexibility index (Phi) is 4.81. The number of furan rings is 1. The number of hydrogen-bond acceptors (Lipinski definition) is 5. The Hall–Kier alpha value is -5.36. The van der Waals surface area contributed by atoms with Gasteiger partial charge in [0.2, 0.25) is 5.71 Å². The van der Waals surface area contributed by atoms with Gasteiger partial charge in [-0.1, -0.05) is 72.8 Å². The highest BCUT2D eigenvalue weighted by Gasteiger charge is 2.34. The summed E-state index contributed by atoms with van der Waals surface area (Å²) < 4.78 is 7.41. The molecule has 6 aromatic rings. The van der Waals surface area contributed by atoms with Crippen LogP contribution in [0.1, 0.15) is 36.9 Å². The average Bonchev–Trinajstić information content (AvgIpc) is 3.59. The first-order chi connectivity index (χ1) is 18.6. The zero-order chi connectivity index (χ0) is 25.8. The Balaban J connectivity index is 1.40. The molecule has 1 aliphatic carbocycles. The van der Waals surface area contributed by atoms with Crippen molar-refractivity contribution in [3.63, 3.8) is 0 Å². The molecule has 0 N–H and O–H groups in total. The van der Waals surface area contributed by atoms with Crippen LogP contribution in [0.2, 0.25) is 0 Å². The molecule has 180 valence electrons. The fraction of sp³-hybridized carbons (Fsp3) is 0. The van der Waals surface area contributed by atoms with Crippen molar-refractivity contribution in [1.29, 1.82) is 0 Å². The summed E-state index contributed by atoms with van der Waals surface area (Å²) in [7, 11) is 0. The van der Waals surface area contributed by atoms with E-state index < -0.39 is 0 Å². The van der Waals surface area contributed by atoms with E-state index in [2.05, 4.69) is 4.98 Å². The third-order valence-electron chi connectivity index (χ3n) is 6.80. The first-order valence-electron chi connectivity index (χ1n) is 12.1. The molecule has 4 aromatic carbocycles. The zero-order valence-electron chi connectivity index (χ0n) is 19.9. The summed E-state index contributed by atoms with van der Waals surface area (Å²) in [6, 6.07) is 31.1. The lowest BCUT2D eigenvalue weighted by Crippen LogP contribution is -2.14. The van der Waals surface area contributed by atoms with Crippen LogP contribution in [-0.4, -0.2) is 27.0 Å². The van der Waals surface area contributed by atoms with Crippen molar-refractivity contribution in [3.05, 3.63) is 131 Å². The molecule has 6 nitrogen and oxygen atoms in total. The van der Waals surface area contributed by atoms with Gasteiger partial charge in [-0.2, -0.15) is 4.98 Å². The normalized spacial score (nSPS) is 12.9. The minimum Gasteiger partial charge on any atom is -0.436 e. The van der Waals surface area contributed by atoms with Gasteiger partial charge in [0.25, 0.3) is 5.91 Å². The molecule has 0 saturated heterocycles. The van der Waals surface area contributed by atoms with Crippen molar-refractivity contribution in [2.45, 2.75) is 0 Å². The fourth-order valence-electron chi connectivity index (χ4n) is 4.92. The average molecular weight is 495 g/mol. The molecule has 0 atom stereocenters. The standard InChI is InChI=1S/C32H18N2O4/c35-29-23-15-21-13-7-8-14-22(21)16-24(23)30(36)25(29)17-28-33-31-26(18-27(38-31)19-9-3-1-4-10-19)34(28)32(37)20-11-5-2-6-12-20/h1-18H. The third-order valence-corrected chi connectivity index (χ3v) is 6.80.